The largest absolute Gasteiger partial charge is 0.477 e. The summed E-state index contributed by atoms with van der Waals surface area (Å²) in [6.07, 6.45) is 3.92. The van der Waals surface area contributed by atoms with Gasteiger partial charge in [-0.2, -0.15) is 9.97 Å². The van der Waals surface area contributed by atoms with E-state index in [0.29, 0.717) is 61.8 Å². The Kier molecular flexibility index (Phi) is 6.99. The van der Waals surface area contributed by atoms with Gasteiger partial charge >= 0.3 is 0 Å². The number of aryl methyl sites for hydroxylation is 1. The molecule has 2 aliphatic rings. The molecule has 2 aromatic heterocycles. The van der Waals surface area contributed by atoms with Crippen LogP contribution < -0.4 is 14.8 Å². The predicted molar refractivity (Wildman–Crippen MR) is 118 cm³/mol. The summed E-state index contributed by atoms with van der Waals surface area (Å²) >= 11 is 0. The molecule has 2 aromatic rings. The van der Waals surface area contributed by atoms with Crippen molar-refractivity contribution in [2.45, 2.75) is 71.4 Å². The number of nitrogens with one attached hydrogen (secondary N) is 1. The standard InChI is InChI=1S/C23H36N4O4/c1-14(2)8-9-28-23-25-19-6-7-20(26-21(19)27(23)5)30-13-17-10-18(11-17)29-12-15(3)24-22-16(4)31-22/h6-7,14-18,22,24H,8-13H2,1-5H3/t15-,16?,17?,18?,22?/m0/s1. The van der Waals surface area contributed by atoms with E-state index in [4.69, 9.17) is 18.9 Å². The minimum absolute atomic E-state index is 0.202. The first-order chi connectivity index (χ1) is 14.9. The molecule has 8 heteroatoms. The number of imidazole rings is 1. The molecule has 1 saturated heterocycles. The number of hydrogen-bond donors (Lipinski definition) is 1. The van der Waals surface area contributed by atoms with E-state index in [1.54, 1.807) is 0 Å². The van der Waals surface area contributed by atoms with Gasteiger partial charge in [0.05, 0.1) is 32.0 Å². The Morgan fingerprint density at radius 2 is 1.97 bits per heavy atom. The molecule has 1 aliphatic heterocycles. The summed E-state index contributed by atoms with van der Waals surface area (Å²) in [6, 6.07) is 4.73. The molecule has 2 fully saturated rings. The monoisotopic (exact) mass is 432 g/mol. The topological polar surface area (TPSA) is 83.0 Å². The maximum atomic E-state index is 5.99. The predicted octanol–water partition coefficient (Wildman–Crippen LogP) is 3.29. The molecule has 4 rings (SSSR count). The molecule has 1 saturated carbocycles. The van der Waals surface area contributed by atoms with Gasteiger partial charge in [0.15, 0.2) is 5.65 Å². The summed E-state index contributed by atoms with van der Waals surface area (Å²) < 4.78 is 25.1. The molecule has 1 aliphatic carbocycles. The van der Waals surface area contributed by atoms with Crippen LogP contribution in [0.5, 0.6) is 11.9 Å². The number of fused-ring (bicyclic) bond motifs is 1. The SMILES string of the molecule is CC(C)CCOc1nc2ccc(OCC3CC(OC[C@H](C)NC4OC4C)C3)nc2n1C. The van der Waals surface area contributed by atoms with Crippen molar-refractivity contribution in [2.24, 2.45) is 18.9 Å². The molecule has 0 radical (unpaired) electrons. The van der Waals surface area contributed by atoms with Crippen molar-refractivity contribution in [1.82, 2.24) is 19.9 Å². The lowest BCUT2D eigenvalue weighted by atomic mass is 9.83. The number of ether oxygens (including phenoxy) is 4. The third-order valence-electron chi connectivity index (χ3n) is 5.98. The molecular weight excluding hydrogens is 396 g/mol. The summed E-state index contributed by atoms with van der Waals surface area (Å²) in [5.74, 6) is 1.74. The highest BCUT2D eigenvalue weighted by Crippen LogP contribution is 2.31. The molecule has 31 heavy (non-hydrogen) atoms. The van der Waals surface area contributed by atoms with Gasteiger partial charge in [0.25, 0.3) is 6.01 Å². The second-order valence-electron chi connectivity index (χ2n) is 9.41. The molecule has 0 bridgehead atoms. The second-order valence-corrected chi connectivity index (χ2v) is 9.41. The summed E-state index contributed by atoms with van der Waals surface area (Å²) in [6.45, 7) is 10.6. The number of epoxide rings is 1. The van der Waals surface area contributed by atoms with Crippen LogP contribution in [0.4, 0.5) is 0 Å². The Morgan fingerprint density at radius 1 is 1.19 bits per heavy atom. The van der Waals surface area contributed by atoms with Crippen LogP contribution in [0.2, 0.25) is 0 Å². The zero-order valence-corrected chi connectivity index (χ0v) is 19.3. The van der Waals surface area contributed by atoms with Gasteiger partial charge in [0, 0.05) is 19.2 Å². The Morgan fingerprint density at radius 3 is 2.68 bits per heavy atom. The van der Waals surface area contributed by atoms with E-state index in [2.05, 4.69) is 43.0 Å². The molecule has 3 atom stereocenters. The third-order valence-corrected chi connectivity index (χ3v) is 5.98. The van der Waals surface area contributed by atoms with Gasteiger partial charge in [0.2, 0.25) is 5.88 Å². The Bertz CT molecular complexity index is 865. The van der Waals surface area contributed by atoms with E-state index in [1.807, 2.05) is 23.7 Å². The maximum Gasteiger partial charge on any atom is 0.298 e. The summed E-state index contributed by atoms with van der Waals surface area (Å²) in [4.78, 5) is 9.17. The lowest BCUT2D eigenvalue weighted by molar-refractivity contribution is -0.0486. The van der Waals surface area contributed by atoms with Gasteiger partial charge in [-0.25, -0.2) is 0 Å². The van der Waals surface area contributed by atoms with Crippen LogP contribution in [-0.4, -0.2) is 58.8 Å². The fourth-order valence-electron chi connectivity index (χ4n) is 3.74. The van der Waals surface area contributed by atoms with Gasteiger partial charge in [-0.15, -0.1) is 0 Å². The molecule has 2 unspecified atom stereocenters. The van der Waals surface area contributed by atoms with E-state index in [1.165, 1.54) is 0 Å². The van der Waals surface area contributed by atoms with Crippen molar-refractivity contribution in [2.75, 3.05) is 19.8 Å². The number of hydrogen-bond acceptors (Lipinski definition) is 7. The first-order valence-electron chi connectivity index (χ1n) is 11.5. The molecule has 3 heterocycles. The minimum atomic E-state index is 0.202. The molecule has 172 valence electrons. The van der Waals surface area contributed by atoms with E-state index >= 15 is 0 Å². The zero-order valence-electron chi connectivity index (χ0n) is 19.3. The van der Waals surface area contributed by atoms with Crippen molar-refractivity contribution < 1.29 is 18.9 Å². The molecule has 0 spiro atoms. The van der Waals surface area contributed by atoms with Gasteiger partial charge in [0.1, 0.15) is 11.7 Å². The van der Waals surface area contributed by atoms with Crippen molar-refractivity contribution in [1.29, 1.82) is 0 Å². The summed E-state index contributed by atoms with van der Waals surface area (Å²) in [5, 5.41) is 3.41. The van der Waals surface area contributed by atoms with E-state index in [-0.39, 0.29) is 6.23 Å². The Balaban J connectivity index is 1.18. The van der Waals surface area contributed by atoms with E-state index in [9.17, 15) is 0 Å². The molecule has 8 nitrogen and oxygen atoms in total. The zero-order chi connectivity index (χ0) is 22.0. The Labute approximate surface area is 184 Å². The molecule has 0 aromatic carbocycles. The lowest BCUT2D eigenvalue weighted by Crippen LogP contribution is -2.40. The fourth-order valence-corrected chi connectivity index (χ4v) is 3.74. The van der Waals surface area contributed by atoms with Crippen LogP contribution in [0.25, 0.3) is 11.2 Å². The van der Waals surface area contributed by atoms with Gasteiger partial charge in [-0.3, -0.25) is 9.88 Å². The normalized spacial score (nSPS) is 26.1. The number of nitrogens with zero attached hydrogens (tertiary/aromatic N) is 3. The smallest absolute Gasteiger partial charge is 0.298 e. The molecule has 1 N–H and O–H groups in total. The number of aromatic nitrogens is 3. The lowest BCUT2D eigenvalue weighted by Gasteiger charge is -2.35. The Hall–Kier alpha value is -1.90. The molecular formula is C23H36N4O4. The number of rotatable bonds is 12. The van der Waals surface area contributed by atoms with Gasteiger partial charge < -0.3 is 18.9 Å². The second kappa shape index (κ2) is 9.71. The van der Waals surface area contributed by atoms with Crippen molar-refractivity contribution in [3.8, 4) is 11.9 Å². The first-order valence-corrected chi connectivity index (χ1v) is 11.5. The van der Waals surface area contributed by atoms with E-state index in [0.717, 1.165) is 30.4 Å². The third kappa shape index (κ3) is 5.87. The van der Waals surface area contributed by atoms with Crippen LogP contribution in [0, 0.1) is 11.8 Å². The molecule has 0 amide bonds. The highest BCUT2D eigenvalue weighted by atomic mass is 16.6. The van der Waals surface area contributed by atoms with Crippen molar-refractivity contribution >= 4 is 11.2 Å². The number of pyridine rings is 1. The van der Waals surface area contributed by atoms with Crippen molar-refractivity contribution in [3.63, 3.8) is 0 Å². The average molecular weight is 433 g/mol. The van der Waals surface area contributed by atoms with Crippen LogP contribution >= 0.6 is 0 Å². The van der Waals surface area contributed by atoms with Gasteiger partial charge in [-0.05, 0) is 51.0 Å². The van der Waals surface area contributed by atoms with Crippen LogP contribution in [-0.2, 0) is 16.5 Å². The van der Waals surface area contributed by atoms with Crippen LogP contribution in [0.3, 0.4) is 0 Å². The van der Waals surface area contributed by atoms with Crippen molar-refractivity contribution in [3.05, 3.63) is 12.1 Å². The van der Waals surface area contributed by atoms with Crippen LogP contribution in [0.15, 0.2) is 12.1 Å². The maximum absolute atomic E-state index is 5.99. The highest BCUT2D eigenvalue weighted by Gasteiger charge is 2.35. The van der Waals surface area contributed by atoms with Crippen LogP contribution in [0.1, 0.15) is 47.0 Å². The van der Waals surface area contributed by atoms with Gasteiger partial charge in [-0.1, -0.05) is 13.8 Å². The highest BCUT2D eigenvalue weighted by molar-refractivity contribution is 5.72. The first kappa shape index (κ1) is 22.3. The fraction of sp³-hybridized carbons (Fsp3) is 0.739. The average Bonchev–Trinajstić information content (AvgIpc) is 3.29. The summed E-state index contributed by atoms with van der Waals surface area (Å²) in [7, 11) is 1.93. The quantitative estimate of drug-likeness (QED) is 0.515. The summed E-state index contributed by atoms with van der Waals surface area (Å²) in [5.41, 5.74) is 1.60. The van der Waals surface area contributed by atoms with E-state index < -0.39 is 0 Å². The minimum Gasteiger partial charge on any atom is -0.477 e.